The number of aryl methyl sites for hydroxylation is 1. The highest BCUT2D eigenvalue weighted by Gasteiger charge is 2.30. The first-order chi connectivity index (χ1) is 10.9. The van der Waals surface area contributed by atoms with Crippen molar-refractivity contribution < 1.29 is 28.4 Å². The average Bonchev–Trinajstić information content (AvgIpc) is 2.91. The predicted molar refractivity (Wildman–Crippen MR) is 76.3 cm³/mol. The van der Waals surface area contributed by atoms with Crippen LogP contribution in [0.2, 0.25) is 0 Å². The highest BCUT2D eigenvalue weighted by Crippen LogP contribution is 2.15. The summed E-state index contributed by atoms with van der Waals surface area (Å²) in [6, 6.07) is 0.364. The van der Waals surface area contributed by atoms with Crippen molar-refractivity contribution in [1.82, 2.24) is 15.8 Å². The highest BCUT2D eigenvalue weighted by molar-refractivity contribution is 5.95. The van der Waals surface area contributed by atoms with Gasteiger partial charge in [-0.05, 0) is 20.8 Å². The Balaban J connectivity index is 2.15. The van der Waals surface area contributed by atoms with Gasteiger partial charge in [-0.1, -0.05) is 5.16 Å². The van der Waals surface area contributed by atoms with Crippen LogP contribution in [-0.4, -0.2) is 42.4 Å². The Morgan fingerprint density at radius 1 is 1.35 bits per heavy atom. The van der Waals surface area contributed by atoms with Crippen molar-refractivity contribution in [2.45, 2.75) is 26.8 Å². The van der Waals surface area contributed by atoms with Crippen LogP contribution in [0, 0.1) is 6.92 Å². The molecule has 0 aliphatic carbocycles. The fourth-order valence-corrected chi connectivity index (χ4v) is 2.06. The number of urea groups is 1. The number of hydrogen-bond donors (Lipinski definition) is 2. The molecule has 2 heterocycles. The number of aromatic nitrogens is 1. The van der Waals surface area contributed by atoms with Crippen LogP contribution >= 0.6 is 0 Å². The summed E-state index contributed by atoms with van der Waals surface area (Å²) in [4.78, 5) is 35.4. The molecule has 1 atom stereocenters. The molecule has 1 unspecified atom stereocenters. The third kappa shape index (κ3) is 3.87. The van der Waals surface area contributed by atoms with Crippen LogP contribution in [0.3, 0.4) is 0 Å². The van der Waals surface area contributed by atoms with E-state index in [0.717, 1.165) is 0 Å². The van der Waals surface area contributed by atoms with Gasteiger partial charge in [0.05, 0.1) is 29.6 Å². The van der Waals surface area contributed by atoms with Gasteiger partial charge in [-0.3, -0.25) is 0 Å². The molecular weight excluding hydrogens is 306 g/mol. The largest absolute Gasteiger partial charge is 0.463 e. The number of nitrogens with one attached hydrogen (secondary N) is 2. The maximum Gasteiger partial charge on any atom is 0.377 e. The quantitative estimate of drug-likeness (QED) is 0.764. The molecule has 0 saturated heterocycles. The molecule has 23 heavy (non-hydrogen) atoms. The molecule has 0 saturated carbocycles. The maximum atomic E-state index is 12.0. The number of carbonyl (C=O) groups excluding carboxylic acids is 3. The molecule has 1 aliphatic rings. The van der Waals surface area contributed by atoms with E-state index in [1.807, 2.05) is 0 Å². The van der Waals surface area contributed by atoms with E-state index in [4.69, 9.17) is 14.0 Å². The van der Waals surface area contributed by atoms with Crippen molar-refractivity contribution >= 4 is 18.0 Å². The first-order valence-electron chi connectivity index (χ1n) is 7.00. The summed E-state index contributed by atoms with van der Waals surface area (Å²) in [5.74, 6) is -1.40. The van der Waals surface area contributed by atoms with E-state index in [0.29, 0.717) is 5.69 Å². The van der Waals surface area contributed by atoms with Crippen LogP contribution in [0.15, 0.2) is 21.9 Å². The number of esters is 2. The summed E-state index contributed by atoms with van der Waals surface area (Å²) in [5, 5.41) is 8.58. The molecule has 2 rings (SSSR count). The van der Waals surface area contributed by atoms with Gasteiger partial charge in [0, 0.05) is 6.07 Å². The minimum Gasteiger partial charge on any atom is -0.463 e. The molecule has 2 amide bonds. The van der Waals surface area contributed by atoms with E-state index in [9.17, 15) is 14.4 Å². The molecule has 2 N–H and O–H groups in total. The topological polar surface area (TPSA) is 120 Å². The number of rotatable bonds is 5. The van der Waals surface area contributed by atoms with Gasteiger partial charge in [-0.15, -0.1) is 0 Å². The zero-order chi connectivity index (χ0) is 17.0. The number of carbonyl (C=O) groups is 3. The fraction of sp³-hybridized carbons (Fsp3) is 0.429. The maximum absolute atomic E-state index is 12.0. The predicted octanol–water partition coefficient (Wildman–Crippen LogP) is 0.658. The van der Waals surface area contributed by atoms with Crippen LogP contribution in [0.1, 0.15) is 30.1 Å². The number of amides is 2. The van der Waals surface area contributed by atoms with Crippen LogP contribution < -0.4 is 10.6 Å². The lowest BCUT2D eigenvalue weighted by molar-refractivity contribution is -0.139. The van der Waals surface area contributed by atoms with Crippen LogP contribution in [-0.2, 0) is 14.3 Å². The van der Waals surface area contributed by atoms with Crippen molar-refractivity contribution in [3.05, 3.63) is 28.8 Å². The molecule has 1 aromatic rings. The van der Waals surface area contributed by atoms with Crippen molar-refractivity contribution in [2.75, 3.05) is 13.2 Å². The van der Waals surface area contributed by atoms with E-state index in [1.54, 1.807) is 20.8 Å². The molecule has 9 heteroatoms. The number of ether oxygens (including phenoxy) is 2. The lowest BCUT2D eigenvalue weighted by atomic mass is 10.0. The van der Waals surface area contributed by atoms with Gasteiger partial charge in [-0.2, -0.15) is 0 Å². The van der Waals surface area contributed by atoms with Gasteiger partial charge in [0.15, 0.2) is 0 Å². The molecule has 1 aromatic heterocycles. The summed E-state index contributed by atoms with van der Waals surface area (Å²) in [6.07, 6.45) is 0. The highest BCUT2D eigenvalue weighted by atomic mass is 16.6. The van der Waals surface area contributed by atoms with Gasteiger partial charge in [0.2, 0.25) is 5.76 Å². The van der Waals surface area contributed by atoms with E-state index < -0.39 is 24.0 Å². The molecule has 0 radical (unpaired) electrons. The number of hydrogen-bond acceptors (Lipinski definition) is 7. The molecule has 9 nitrogen and oxygen atoms in total. The van der Waals surface area contributed by atoms with Crippen molar-refractivity contribution in [2.24, 2.45) is 0 Å². The summed E-state index contributed by atoms with van der Waals surface area (Å²) in [5.41, 5.74) is 0.907. The molecule has 0 aromatic carbocycles. The third-order valence-electron chi connectivity index (χ3n) is 3.04. The summed E-state index contributed by atoms with van der Waals surface area (Å²) < 4.78 is 14.8. The summed E-state index contributed by atoms with van der Waals surface area (Å²) in [7, 11) is 0. The Hall–Kier alpha value is -2.84. The normalized spacial score (nSPS) is 17.3. The molecule has 1 aliphatic heterocycles. The molecule has 0 bridgehead atoms. The summed E-state index contributed by atoms with van der Waals surface area (Å²) in [6.45, 7) is 4.85. The minimum atomic E-state index is -0.748. The molecular formula is C14H17N3O6. The second-order valence-electron chi connectivity index (χ2n) is 4.84. The zero-order valence-corrected chi connectivity index (χ0v) is 13.0. The molecule has 0 spiro atoms. The van der Waals surface area contributed by atoms with E-state index in [1.165, 1.54) is 6.07 Å². The van der Waals surface area contributed by atoms with Crippen molar-refractivity contribution in [3.63, 3.8) is 0 Å². The minimum absolute atomic E-state index is 0.0610. The summed E-state index contributed by atoms with van der Waals surface area (Å²) >= 11 is 0. The van der Waals surface area contributed by atoms with E-state index in [2.05, 4.69) is 15.8 Å². The Morgan fingerprint density at radius 3 is 2.70 bits per heavy atom. The Kier molecular flexibility index (Phi) is 4.99. The van der Waals surface area contributed by atoms with E-state index >= 15 is 0 Å². The first-order valence-corrected chi connectivity index (χ1v) is 7.00. The van der Waals surface area contributed by atoms with Crippen LogP contribution in [0.25, 0.3) is 0 Å². The first kappa shape index (κ1) is 16.5. The van der Waals surface area contributed by atoms with Gasteiger partial charge >= 0.3 is 18.0 Å². The second-order valence-corrected chi connectivity index (χ2v) is 4.84. The SMILES string of the molecule is CCOC(=O)C1=C(COC(=O)c2cc(C)no2)NC(=O)NC1C. The van der Waals surface area contributed by atoms with Gasteiger partial charge in [0.1, 0.15) is 6.61 Å². The Labute approximate surface area is 132 Å². The Bertz CT molecular complexity index is 663. The fourth-order valence-electron chi connectivity index (χ4n) is 2.06. The monoisotopic (exact) mass is 323 g/mol. The smallest absolute Gasteiger partial charge is 0.377 e. The lowest BCUT2D eigenvalue weighted by Crippen LogP contribution is -2.50. The van der Waals surface area contributed by atoms with Crippen molar-refractivity contribution in [3.8, 4) is 0 Å². The van der Waals surface area contributed by atoms with Gasteiger partial charge < -0.3 is 24.6 Å². The standard InChI is InChI=1S/C14H17N3O6/c1-4-21-13(19)11-8(3)15-14(20)16-9(11)6-22-12(18)10-5-7(2)17-23-10/h5,8H,4,6H2,1-3H3,(H2,15,16,20). The van der Waals surface area contributed by atoms with E-state index in [-0.39, 0.29) is 30.2 Å². The van der Waals surface area contributed by atoms with Crippen molar-refractivity contribution in [1.29, 1.82) is 0 Å². The zero-order valence-electron chi connectivity index (χ0n) is 13.0. The third-order valence-corrected chi connectivity index (χ3v) is 3.04. The average molecular weight is 323 g/mol. The lowest BCUT2D eigenvalue weighted by Gasteiger charge is -2.26. The van der Waals surface area contributed by atoms with Gasteiger partial charge in [0.25, 0.3) is 0 Å². The molecule has 0 fully saturated rings. The van der Waals surface area contributed by atoms with Crippen LogP contribution in [0.5, 0.6) is 0 Å². The second kappa shape index (κ2) is 6.95. The number of nitrogens with zero attached hydrogens (tertiary/aromatic N) is 1. The molecule has 124 valence electrons. The van der Waals surface area contributed by atoms with Gasteiger partial charge in [-0.25, -0.2) is 14.4 Å². The van der Waals surface area contributed by atoms with Crippen LogP contribution in [0.4, 0.5) is 4.79 Å². The Morgan fingerprint density at radius 2 is 2.09 bits per heavy atom.